The van der Waals surface area contributed by atoms with Gasteiger partial charge in [0.25, 0.3) is 5.91 Å². The number of ether oxygens (including phenoxy) is 1. The molecule has 0 spiro atoms. The summed E-state index contributed by atoms with van der Waals surface area (Å²) in [4.78, 5) is 26.9. The van der Waals surface area contributed by atoms with Crippen molar-refractivity contribution in [2.24, 2.45) is 0 Å². The Bertz CT molecular complexity index is 1050. The number of hydrogen-bond donors (Lipinski definition) is 1. The van der Waals surface area contributed by atoms with Crippen molar-refractivity contribution in [3.63, 3.8) is 0 Å². The van der Waals surface area contributed by atoms with Crippen LogP contribution in [0.5, 0.6) is 5.75 Å². The first-order chi connectivity index (χ1) is 14.2. The molecule has 6 nitrogen and oxygen atoms in total. The van der Waals surface area contributed by atoms with Crippen LogP contribution >= 0.6 is 0 Å². The van der Waals surface area contributed by atoms with Gasteiger partial charge in [-0.1, -0.05) is 42.8 Å². The lowest BCUT2D eigenvalue weighted by molar-refractivity contribution is -0.118. The maximum absolute atomic E-state index is 12.3. The highest BCUT2D eigenvalue weighted by molar-refractivity contribution is 6.02. The Morgan fingerprint density at radius 2 is 1.86 bits per heavy atom. The van der Waals surface area contributed by atoms with Crippen molar-refractivity contribution >= 4 is 22.4 Å². The standard InChI is InChI=1S/C23H24N2O4/c26-21-13-18(14-25-11-4-1-5-12-25)28-15-22(21)29-16-23(27)24-20-10-6-8-17-7-2-3-9-19(17)20/h2-3,6-10,13,15H,1,4-5,11-12,14,16H2,(H,24,27). The molecule has 1 N–H and O–H groups in total. The molecule has 4 rings (SSSR count). The molecule has 150 valence electrons. The number of nitrogens with zero attached hydrogens (tertiary/aromatic N) is 1. The zero-order valence-corrected chi connectivity index (χ0v) is 16.2. The van der Waals surface area contributed by atoms with Gasteiger partial charge in [0, 0.05) is 17.1 Å². The topological polar surface area (TPSA) is 71.8 Å². The average Bonchev–Trinajstić information content (AvgIpc) is 2.74. The molecule has 1 aliphatic rings. The number of amides is 1. The Kier molecular flexibility index (Phi) is 5.91. The maximum Gasteiger partial charge on any atom is 0.262 e. The minimum absolute atomic E-state index is 0.0421. The smallest absolute Gasteiger partial charge is 0.262 e. The summed E-state index contributed by atoms with van der Waals surface area (Å²) in [6, 6.07) is 15.0. The molecule has 0 radical (unpaired) electrons. The Morgan fingerprint density at radius 3 is 2.69 bits per heavy atom. The number of piperidine rings is 1. The van der Waals surface area contributed by atoms with E-state index in [1.165, 1.54) is 31.6 Å². The van der Waals surface area contributed by atoms with E-state index in [1.54, 1.807) is 0 Å². The van der Waals surface area contributed by atoms with Gasteiger partial charge in [-0.15, -0.1) is 0 Å². The molecule has 1 aliphatic heterocycles. The molecule has 1 aromatic heterocycles. The summed E-state index contributed by atoms with van der Waals surface area (Å²) in [5.74, 6) is 0.322. The molecule has 1 saturated heterocycles. The molecule has 0 atom stereocenters. The van der Waals surface area contributed by atoms with Crippen molar-refractivity contribution in [1.82, 2.24) is 4.90 Å². The zero-order valence-electron chi connectivity index (χ0n) is 16.2. The van der Waals surface area contributed by atoms with Crippen LogP contribution in [0.1, 0.15) is 25.0 Å². The van der Waals surface area contributed by atoms with Crippen molar-refractivity contribution in [2.45, 2.75) is 25.8 Å². The molecular formula is C23H24N2O4. The molecule has 0 unspecified atom stereocenters. The Morgan fingerprint density at radius 1 is 1.07 bits per heavy atom. The van der Waals surface area contributed by atoms with Crippen LogP contribution in [-0.2, 0) is 11.3 Å². The first kappa shape index (κ1) is 19.2. The van der Waals surface area contributed by atoms with Crippen molar-refractivity contribution in [2.75, 3.05) is 25.0 Å². The van der Waals surface area contributed by atoms with E-state index in [0.29, 0.717) is 18.0 Å². The van der Waals surface area contributed by atoms with Gasteiger partial charge >= 0.3 is 0 Å². The molecule has 2 aromatic carbocycles. The lowest BCUT2D eigenvalue weighted by Crippen LogP contribution is -2.29. The van der Waals surface area contributed by atoms with Gasteiger partial charge < -0.3 is 14.5 Å². The molecule has 6 heteroatoms. The molecule has 1 amide bonds. The van der Waals surface area contributed by atoms with Gasteiger partial charge in [-0.25, -0.2) is 0 Å². The minimum atomic E-state index is -0.335. The molecule has 0 bridgehead atoms. The van der Waals surface area contributed by atoms with Crippen LogP contribution in [0, 0.1) is 0 Å². The number of carbonyl (C=O) groups is 1. The van der Waals surface area contributed by atoms with E-state index >= 15 is 0 Å². The first-order valence-electron chi connectivity index (χ1n) is 9.93. The van der Waals surface area contributed by atoms with E-state index < -0.39 is 0 Å². The second-order valence-corrected chi connectivity index (χ2v) is 7.28. The number of hydrogen-bond acceptors (Lipinski definition) is 5. The van der Waals surface area contributed by atoms with Crippen LogP contribution < -0.4 is 15.5 Å². The van der Waals surface area contributed by atoms with Crippen LogP contribution in [0.25, 0.3) is 10.8 Å². The quantitative estimate of drug-likeness (QED) is 0.691. The molecule has 1 fully saturated rings. The van der Waals surface area contributed by atoms with Gasteiger partial charge in [-0.05, 0) is 37.4 Å². The van der Waals surface area contributed by atoms with Crippen LogP contribution in [0.2, 0.25) is 0 Å². The predicted molar refractivity (Wildman–Crippen MR) is 112 cm³/mol. The van der Waals surface area contributed by atoms with Crippen molar-refractivity contribution in [3.05, 3.63) is 70.8 Å². The summed E-state index contributed by atoms with van der Waals surface area (Å²) in [5, 5.41) is 4.82. The van der Waals surface area contributed by atoms with E-state index in [1.807, 2.05) is 42.5 Å². The fraction of sp³-hybridized carbons (Fsp3) is 0.304. The van der Waals surface area contributed by atoms with Gasteiger partial charge in [-0.2, -0.15) is 0 Å². The molecule has 29 heavy (non-hydrogen) atoms. The lowest BCUT2D eigenvalue weighted by atomic mass is 10.1. The van der Waals surface area contributed by atoms with Crippen molar-refractivity contribution in [3.8, 4) is 5.75 Å². The number of nitrogens with one attached hydrogen (secondary N) is 1. The number of carbonyl (C=O) groups excluding carboxylic acids is 1. The average molecular weight is 392 g/mol. The number of rotatable bonds is 6. The number of benzene rings is 2. The van der Waals surface area contributed by atoms with Crippen LogP contribution in [-0.4, -0.2) is 30.5 Å². The summed E-state index contributed by atoms with van der Waals surface area (Å²) < 4.78 is 10.9. The summed E-state index contributed by atoms with van der Waals surface area (Å²) in [7, 11) is 0. The second-order valence-electron chi connectivity index (χ2n) is 7.28. The first-order valence-corrected chi connectivity index (χ1v) is 9.93. The van der Waals surface area contributed by atoms with E-state index in [9.17, 15) is 9.59 Å². The SMILES string of the molecule is O=C(COc1coc(CN2CCCCC2)cc1=O)Nc1cccc2ccccc12. The Hall–Kier alpha value is -3.12. The van der Waals surface area contributed by atoms with E-state index in [0.717, 1.165) is 23.9 Å². The molecule has 2 heterocycles. The highest BCUT2D eigenvalue weighted by Crippen LogP contribution is 2.22. The number of fused-ring (bicyclic) bond motifs is 1. The summed E-state index contributed by atoms with van der Waals surface area (Å²) in [6.07, 6.45) is 4.91. The third kappa shape index (κ3) is 4.84. The fourth-order valence-corrected chi connectivity index (χ4v) is 3.63. The van der Waals surface area contributed by atoms with Crippen LogP contribution in [0.4, 0.5) is 5.69 Å². The molecule has 3 aromatic rings. The third-order valence-electron chi connectivity index (χ3n) is 5.10. The Labute approximate surface area is 169 Å². The second kappa shape index (κ2) is 8.92. The fourth-order valence-electron chi connectivity index (χ4n) is 3.63. The normalized spacial score (nSPS) is 14.6. The minimum Gasteiger partial charge on any atom is -0.477 e. The van der Waals surface area contributed by atoms with Crippen molar-refractivity contribution in [1.29, 1.82) is 0 Å². The summed E-state index contributed by atoms with van der Waals surface area (Å²) in [6.45, 7) is 2.41. The highest BCUT2D eigenvalue weighted by Gasteiger charge is 2.14. The highest BCUT2D eigenvalue weighted by atomic mass is 16.5. The van der Waals surface area contributed by atoms with Gasteiger partial charge in [0.05, 0.1) is 6.54 Å². The predicted octanol–water partition coefficient (Wildman–Crippen LogP) is 3.80. The maximum atomic E-state index is 12.3. The summed E-state index contributed by atoms with van der Waals surface area (Å²) in [5.41, 5.74) is 0.432. The van der Waals surface area contributed by atoms with E-state index in [4.69, 9.17) is 9.15 Å². The van der Waals surface area contributed by atoms with E-state index in [-0.39, 0.29) is 23.7 Å². The number of anilines is 1. The van der Waals surface area contributed by atoms with E-state index in [2.05, 4.69) is 10.2 Å². The third-order valence-corrected chi connectivity index (χ3v) is 5.10. The zero-order chi connectivity index (χ0) is 20.1. The Balaban J connectivity index is 1.35. The van der Waals surface area contributed by atoms with Gasteiger partial charge in [0.1, 0.15) is 12.0 Å². The van der Waals surface area contributed by atoms with Crippen LogP contribution in [0.3, 0.4) is 0 Å². The number of likely N-dealkylation sites (tertiary alicyclic amines) is 1. The largest absolute Gasteiger partial charge is 0.477 e. The van der Waals surface area contributed by atoms with Crippen LogP contribution in [0.15, 0.2) is 64.0 Å². The monoisotopic (exact) mass is 392 g/mol. The van der Waals surface area contributed by atoms with Gasteiger partial charge in [0.2, 0.25) is 11.2 Å². The van der Waals surface area contributed by atoms with Crippen molar-refractivity contribution < 1.29 is 13.9 Å². The van der Waals surface area contributed by atoms with Gasteiger partial charge in [0.15, 0.2) is 6.61 Å². The summed E-state index contributed by atoms with van der Waals surface area (Å²) >= 11 is 0. The molecule has 0 saturated carbocycles. The lowest BCUT2D eigenvalue weighted by Gasteiger charge is -2.25. The molecule has 0 aliphatic carbocycles. The van der Waals surface area contributed by atoms with Gasteiger partial charge in [-0.3, -0.25) is 14.5 Å². The molecular weight excluding hydrogens is 368 g/mol.